The van der Waals surface area contributed by atoms with Crippen LogP contribution in [0.15, 0.2) is 18.3 Å². The number of rotatable bonds is 2. The quantitative estimate of drug-likeness (QED) is 0.492. The van der Waals surface area contributed by atoms with Gasteiger partial charge in [-0.05, 0) is 18.9 Å². The van der Waals surface area contributed by atoms with E-state index in [0.29, 0.717) is 11.2 Å². The summed E-state index contributed by atoms with van der Waals surface area (Å²) in [5, 5.41) is 18.1. The van der Waals surface area contributed by atoms with Crippen molar-refractivity contribution in [2.75, 3.05) is 0 Å². The normalized spacial score (nSPS) is 18.4. The van der Waals surface area contributed by atoms with E-state index in [0.717, 1.165) is 12.8 Å². The topological polar surface area (TPSA) is 79.4 Å². The van der Waals surface area contributed by atoms with Crippen LogP contribution < -0.4 is 11.2 Å². The van der Waals surface area contributed by atoms with E-state index in [2.05, 4.69) is 4.98 Å². The number of pyridine rings is 1. The molecule has 13 heavy (non-hydrogen) atoms. The molecule has 0 saturated heterocycles. The van der Waals surface area contributed by atoms with Crippen molar-refractivity contribution in [1.82, 2.24) is 4.98 Å². The van der Waals surface area contributed by atoms with Gasteiger partial charge in [0.25, 0.3) is 0 Å². The lowest BCUT2D eigenvalue weighted by molar-refractivity contribution is 0.424. The highest BCUT2D eigenvalue weighted by atomic mass is 16.4. The Hall–Kier alpha value is -0.905. The number of aromatic nitrogens is 1. The van der Waals surface area contributed by atoms with Crippen LogP contribution in [0, 0.1) is 0 Å². The average molecular weight is 178 g/mol. The molecule has 5 heteroatoms. The van der Waals surface area contributed by atoms with E-state index in [4.69, 9.17) is 15.8 Å². The SMILES string of the molecule is NC1(c2ncccc2B(O)O)CC1. The zero-order valence-electron chi connectivity index (χ0n) is 7.14. The molecule has 0 atom stereocenters. The predicted molar refractivity (Wildman–Crippen MR) is 49.2 cm³/mol. The average Bonchev–Trinajstić information content (AvgIpc) is 2.85. The van der Waals surface area contributed by atoms with Crippen LogP contribution in [0.2, 0.25) is 0 Å². The fraction of sp³-hybridized carbons (Fsp3) is 0.375. The molecule has 1 aliphatic carbocycles. The molecule has 1 heterocycles. The molecule has 68 valence electrons. The van der Waals surface area contributed by atoms with Crippen LogP contribution in [0.1, 0.15) is 18.5 Å². The highest BCUT2D eigenvalue weighted by Crippen LogP contribution is 2.40. The van der Waals surface area contributed by atoms with E-state index in [1.54, 1.807) is 18.3 Å². The summed E-state index contributed by atoms with van der Waals surface area (Å²) in [5.74, 6) is 0. The molecular formula is C8H11BN2O2. The van der Waals surface area contributed by atoms with Gasteiger partial charge in [-0.15, -0.1) is 0 Å². The lowest BCUT2D eigenvalue weighted by Crippen LogP contribution is -2.39. The zero-order chi connectivity index (χ0) is 9.47. The lowest BCUT2D eigenvalue weighted by atomic mass is 9.77. The summed E-state index contributed by atoms with van der Waals surface area (Å²) in [6, 6.07) is 3.31. The number of nitrogens with two attached hydrogens (primary N) is 1. The minimum atomic E-state index is -1.48. The molecule has 1 aromatic heterocycles. The Bertz CT molecular complexity index is 326. The second-order valence-electron chi connectivity index (χ2n) is 3.47. The standard InChI is InChI=1S/C8H11BN2O2/c10-8(3-4-8)7-6(9(12)13)2-1-5-11-7/h1-2,5,12-13H,3-4,10H2. The van der Waals surface area contributed by atoms with Crippen molar-refractivity contribution >= 4 is 12.6 Å². The first-order chi connectivity index (χ1) is 6.13. The van der Waals surface area contributed by atoms with E-state index >= 15 is 0 Å². The number of nitrogens with zero attached hydrogens (tertiary/aromatic N) is 1. The van der Waals surface area contributed by atoms with Crippen molar-refractivity contribution in [3.05, 3.63) is 24.0 Å². The minimum Gasteiger partial charge on any atom is -0.423 e. The Morgan fingerprint density at radius 3 is 2.69 bits per heavy atom. The second-order valence-corrected chi connectivity index (χ2v) is 3.47. The van der Waals surface area contributed by atoms with Crippen LogP contribution >= 0.6 is 0 Å². The van der Waals surface area contributed by atoms with E-state index in [1.807, 2.05) is 0 Å². The molecule has 1 aliphatic rings. The minimum absolute atomic E-state index is 0.416. The maximum atomic E-state index is 9.06. The molecule has 2 rings (SSSR count). The van der Waals surface area contributed by atoms with E-state index in [-0.39, 0.29) is 0 Å². The van der Waals surface area contributed by atoms with Crippen molar-refractivity contribution in [3.63, 3.8) is 0 Å². The van der Waals surface area contributed by atoms with Gasteiger partial charge in [0.2, 0.25) is 0 Å². The highest BCUT2D eigenvalue weighted by Gasteiger charge is 2.44. The van der Waals surface area contributed by atoms with Crippen LogP contribution in [0.5, 0.6) is 0 Å². The first kappa shape index (κ1) is 8.68. The van der Waals surface area contributed by atoms with Crippen LogP contribution in [-0.4, -0.2) is 22.2 Å². The van der Waals surface area contributed by atoms with Gasteiger partial charge in [-0.2, -0.15) is 0 Å². The van der Waals surface area contributed by atoms with Crippen LogP contribution in [0.25, 0.3) is 0 Å². The summed E-state index contributed by atoms with van der Waals surface area (Å²) in [5.41, 5.74) is 6.54. The van der Waals surface area contributed by atoms with E-state index in [1.165, 1.54) is 0 Å². The zero-order valence-corrected chi connectivity index (χ0v) is 7.14. The fourth-order valence-corrected chi connectivity index (χ4v) is 1.41. The van der Waals surface area contributed by atoms with Crippen molar-refractivity contribution in [1.29, 1.82) is 0 Å². The smallest absolute Gasteiger partial charge is 0.423 e. The highest BCUT2D eigenvalue weighted by molar-refractivity contribution is 6.59. The molecule has 0 unspecified atom stereocenters. The first-order valence-electron chi connectivity index (χ1n) is 4.24. The summed E-state index contributed by atoms with van der Waals surface area (Å²) < 4.78 is 0. The Kier molecular flexibility index (Phi) is 1.87. The van der Waals surface area contributed by atoms with Gasteiger partial charge in [0, 0.05) is 11.7 Å². The van der Waals surface area contributed by atoms with Crippen LogP contribution in [-0.2, 0) is 5.54 Å². The summed E-state index contributed by atoms with van der Waals surface area (Å²) in [4.78, 5) is 4.09. The van der Waals surface area contributed by atoms with Gasteiger partial charge in [0.15, 0.2) is 0 Å². The summed E-state index contributed by atoms with van der Waals surface area (Å²) >= 11 is 0. The Labute approximate surface area is 76.6 Å². The van der Waals surface area contributed by atoms with Gasteiger partial charge in [0.1, 0.15) is 0 Å². The lowest BCUT2D eigenvalue weighted by Gasteiger charge is -2.12. The molecule has 0 spiro atoms. The first-order valence-corrected chi connectivity index (χ1v) is 4.24. The van der Waals surface area contributed by atoms with E-state index in [9.17, 15) is 0 Å². The van der Waals surface area contributed by atoms with Gasteiger partial charge < -0.3 is 15.8 Å². The van der Waals surface area contributed by atoms with Gasteiger partial charge in [-0.1, -0.05) is 6.07 Å². The fourth-order valence-electron chi connectivity index (χ4n) is 1.41. The summed E-state index contributed by atoms with van der Waals surface area (Å²) in [6.45, 7) is 0. The van der Waals surface area contributed by atoms with Gasteiger partial charge in [-0.3, -0.25) is 4.98 Å². The largest absolute Gasteiger partial charge is 0.490 e. The van der Waals surface area contributed by atoms with Crippen LogP contribution in [0.3, 0.4) is 0 Å². The Morgan fingerprint density at radius 2 is 2.15 bits per heavy atom. The molecule has 4 nitrogen and oxygen atoms in total. The third kappa shape index (κ3) is 1.46. The molecule has 0 aliphatic heterocycles. The number of hydrogen-bond donors (Lipinski definition) is 3. The molecule has 0 radical (unpaired) electrons. The Morgan fingerprint density at radius 1 is 1.46 bits per heavy atom. The van der Waals surface area contributed by atoms with Crippen molar-refractivity contribution in [2.45, 2.75) is 18.4 Å². The monoisotopic (exact) mass is 178 g/mol. The maximum absolute atomic E-state index is 9.06. The Balaban J connectivity index is 2.44. The molecule has 4 N–H and O–H groups in total. The molecule has 0 aromatic carbocycles. The van der Waals surface area contributed by atoms with Gasteiger partial charge in [0.05, 0.1) is 11.2 Å². The van der Waals surface area contributed by atoms with E-state index < -0.39 is 12.7 Å². The van der Waals surface area contributed by atoms with Crippen molar-refractivity contribution in [2.24, 2.45) is 5.73 Å². The predicted octanol–water partition coefficient (Wildman–Crippen LogP) is -1.29. The maximum Gasteiger partial charge on any atom is 0.490 e. The van der Waals surface area contributed by atoms with Crippen LogP contribution in [0.4, 0.5) is 0 Å². The summed E-state index contributed by atoms with van der Waals surface area (Å²) in [6.07, 6.45) is 3.35. The molecule has 1 saturated carbocycles. The second kappa shape index (κ2) is 2.80. The molecule has 1 aromatic rings. The molecule has 0 amide bonds. The van der Waals surface area contributed by atoms with Gasteiger partial charge in [-0.25, -0.2) is 0 Å². The summed E-state index contributed by atoms with van der Waals surface area (Å²) in [7, 11) is -1.48. The number of hydrogen-bond acceptors (Lipinski definition) is 4. The third-order valence-corrected chi connectivity index (χ3v) is 2.38. The van der Waals surface area contributed by atoms with Crippen molar-refractivity contribution < 1.29 is 10.0 Å². The third-order valence-electron chi connectivity index (χ3n) is 2.38. The van der Waals surface area contributed by atoms with Crippen molar-refractivity contribution in [3.8, 4) is 0 Å². The molecule has 1 fully saturated rings. The molecular weight excluding hydrogens is 167 g/mol. The molecule has 0 bridgehead atoms. The van der Waals surface area contributed by atoms with Gasteiger partial charge >= 0.3 is 7.12 Å².